The molecular formula is C16H21ClN2O2. The van der Waals surface area contributed by atoms with Crippen LogP contribution in [0.4, 0.5) is 0 Å². The van der Waals surface area contributed by atoms with Crippen molar-refractivity contribution >= 4 is 23.4 Å². The number of carbonyl (C=O) groups excluding carboxylic acids is 2. The Morgan fingerprint density at radius 1 is 1.19 bits per heavy atom. The summed E-state index contributed by atoms with van der Waals surface area (Å²) in [5, 5.41) is 0. The summed E-state index contributed by atoms with van der Waals surface area (Å²) in [4.78, 5) is 22.9. The van der Waals surface area contributed by atoms with E-state index in [1.807, 2.05) is 0 Å². The number of halogens is 1. The Bertz CT molecular complexity index is 534. The minimum Gasteiger partial charge on any atom is -0.273 e. The third-order valence-corrected chi connectivity index (χ3v) is 4.02. The van der Waals surface area contributed by atoms with Gasteiger partial charge in [-0.2, -0.15) is 0 Å². The van der Waals surface area contributed by atoms with E-state index in [0.717, 1.165) is 6.42 Å². The van der Waals surface area contributed by atoms with E-state index in [9.17, 15) is 9.59 Å². The SMILES string of the molecule is CC(C)(C)c1ccc(C2CC2C(=O)NNC(=O)CCl)cc1. The van der Waals surface area contributed by atoms with Crippen molar-refractivity contribution in [3.05, 3.63) is 35.4 Å². The van der Waals surface area contributed by atoms with Crippen LogP contribution in [-0.4, -0.2) is 17.7 Å². The summed E-state index contributed by atoms with van der Waals surface area (Å²) in [7, 11) is 0. The molecule has 2 amide bonds. The number of carbonyl (C=O) groups is 2. The first-order valence-electron chi connectivity index (χ1n) is 7.08. The Labute approximate surface area is 130 Å². The molecule has 0 heterocycles. The molecule has 4 nitrogen and oxygen atoms in total. The molecule has 2 unspecified atom stereocenters. The number of hydrazine groups is 1. The molecule has 1 aliphatic rings. The smallest absolute Gasteiger partial charge is 0.253 e. The topological polar surface area (TPSA) is 58.2 Å². The maximum absolute atomic E-state index is 11.9. The van der Waals surface area contributed by atoms with Crippen LogP contribution in [0.3, 0.4) is 0 Å². The summed E-state index contributed by atoms with van der Waals surface area (Å²) in [6.07, 6.45) is 0.817. The number of rotatable bonds is 3. The standard InChI is InChI=1S/C16H21ClN2O2/c1-16(2,3)11-6-4-10(5-7-11)12-8-13(12)15(21)19-18-14(20)9-17/h4-7,12-13H,8-9H2,1-3H3,(H,18,20)(H,19,21). The molecule has 1 aromatic rings. The molecule has 1 saturated carbocycles. The zero-order valence-corrected chi connectivity index (χ0v) is 13.3. The number of nitrogens with one attached hydrogen (secondary N) is 2. The Balaban J connectivity index is 1.91. The van der Waals surface area contributed by atoms with E-state index >= 15 is 0 Å². The highest BCUT2D eigenvalue weighted by Gasteiger charge is 2.44. The zero-order chi connectivity index (χ0) is 15.6. The molecule has 0 aromatic heterocycles. The fraction of sp³-hybridized carbons (Fsp3) is 0.500. The van der Waals surface area contributed by atoms with Crippen LogP contribution < -0.4 is 10.9 Å². The van der Waals surface area contributed by atoms with Crippen LogP contribution in [0.2, 0.25) is 0 Å². The maximum atomic E-state index is 11.9. The largest absolute Gasteiger partial charge is 0.273 e. The molecule has 2 atom stereocenters. The second kappa shape index (κ2) is 6.06. The quantitative estimate of drug-likeness (QED) is 0.666. The van der Waals surface area contributed by atoms with Gasteiger partial charge in [-0.05, 0) is 28.9 Å². The third kappa shape index (κ3) is 3.97. The Morgan fingerprint density at radius 2 is 1.81 bits per heavy atom. The molecule has 1 aromatic carbocycles. The molecule has 0 saturated heterocycles. The summed E-state index contributed by atoms with van der Waals surface area (Å²) >= 11 is 5.34. The van der Waals surface area contributed by atoms with Crippen molar-refractivity contribution in [2.24, 2.45) is 5.92 Å². The average molecular weight is 309 g/mol. The summed E-state index contributed by atoms with van der Waals surface area (Å²) in [6, 6.07) is 8.43. The van der Waals surface area contributed by atoms with Gasteiger partial charge in [0, 0.05) is 5.92 Å². The second-order valence-electron chi connectivity index (χ2n) is 6.49. The first-order valence-corrected chi connectivity index (χ1v) is 7.61. The van der Waals surface area contributed by atoms with Crippen molar-refractivity contribution in [1.29, 1.82) is 0 Å². The number of benzene rings is 1. The summed E-state index contributed by atoms with van der Waals surface area (Å²) < 4.78 is 0. The lowest BCUT2D eigenvalue weighted by Gasteiger charge is -2.19. The molecule has 2 rings (SSSR count). The van der Waals surface area contributed by atoms with E-state index in [1.54, 1.807) is 0 Å². The molecule has 1 fully saturated rings. The van der Waals surface area contributed by atoms with Gasteiger partial charge in [0.1, 0.15) is 5.88 Å². The molecule has 0 radical (unpaired) electrons. The Hall–Kier alpha value is -1.55. The van der Waals surface area contributed by atoms with Crippen LogP contribution in [0, 0.1) is 5.92 Å². The van der Waals surface area contributed by atoms with Gasteiger partial charge in [-0.15, -0.1) is 11.6 Å². The predicted octanol–water partition coefficient (Wildman–Crippen LogP) is 2.47. The molecule has 2 N–H and O–H groups in total. The molecule has 0 bridgehead atoms. The molecule has 0 spiro atoms. The number of alkyl halides is 1. The van der Waals surface area contributed by atoms with Gasteiger partial charge < -0.3 is 0 Å². The van der Waals surface area contributed by atoms with Gasteiger partial charge in [-0.1, -0.05) is 45.0 Å². The van der Waals surface area contributed by atoms with Crippen molar-refractivity contribution in [2.45, 2.75) is 38.5 Å². The molecule has 1 aliphatic carbocycles. The van der Waals surface area contributed by atoms with Crippen molar-refractivity contribution in [3.8, 4) is 0 Å². The number of hydrogen-bond acceptors (Lipinski definition) is 2. The second-order valence-corrected chi connectivity index (χ2v) is 6.76. The molecular weight excluding hydrogens is 288 g/mol. The van der Waals surface area contributed by atoms with Gasteiger partial charge in [-0.3, -0.25) is 20.4 Å². The van der Waals surface area contributed by atoms with Gasteiger partial charge in [0.25, 0.3) is 5.91 Å². The van der Waals surface area contributed by atoms with Crippen LogP contribution in [-0.2, 0) is 15.0 Å². The van der Waals surface area contributed by atoms with Gasteiger partial charge in [0.2, 0.25) is 5.91 Å². The lowest BCUT2D eigenvalue weighted by molar-refractivity contribution is -0.128. The van der Waals surface area contributed by atoms with E-state index < -0.39 is 5.91 Å². The third-order valence-electron chi connectivity index (χ3n) is 3.78. The van der Waals surface area contributed by atoms with Gasteiger partial charge in [0.15, 0.2) is 0 Å². The maximum Gasteiger partial charge on any atom is 0.253 e. The van der Waals surface area contributed by atoms with Crippen LogP contribution in [0.5, 0.6) is 0 Å². The van der Waals surface area contributed by atoms with Crippen LogP contribution in [0.25, 0.3) is 0 Å². The molecule has 0 aliphatic heterocycles. The van der Waals surface area contributed by atoms with Crippen LogP contribution >= 0.6 is 11.6 Å². The highest BCUT2D eigenvalue weighted by Crippen LogP contribution is 2.47. The monoisotopic (exact) mass is 308 g/mol. The Morgan fingerprint density at radius 3 is 2.33 bits per heavy atom. The van der Waals surface area contributed by atoms with E-state index in [0.29, 0.717) is 0 Å². The Kier molecular flexibility index (Phi) is 4.57. The lowest BCUT2D eigenvalue weighted by atomic mass is 9.86. The fourth-order valence-corrected chi connectivity index (χ4v) is 2.41. The molecule has 5 heteroatoms. The van der Waals surface area contributed by atoms with E-state index in [-0.39, 0.29) is 29.0 Å². The minimum atomic E-state index is -0.406. The van der Waals surface area contributed by atoms with Gasteiger partial charge in [-0.25, -0.2) is 0 Å². The lowest BCUT2D eigenvalue weighted by Crippen LogP contribution is -2.43. The summed E-state index contributed by atoms with van der Waals surface area (Å²) in [5.41, 5.74) is 7.27. The number of hydrogen-bond donors (Lipinski definition) is 2. The van der Waals surface area contributed by atoms with Gasteiger partial charge >= 0.3 is 0 Å². The van der Waals surface area contributed by atoms with Crippen LogP contribution in [0.1, 0.15) is 44.2 Å². The summed E-state index contributed by atoms with van der Waals surface area (Å²) in [6.45, 7) is 6.53. The number of amides is 2. The average Bonchev–Trinajstić information content (AvgIpc) is 3.24. The van der Waals surface area contributed by atoms with Crippen LogP contribution in [0.15, 0.2) is 24.3 Å². The van der Waals surface area contributed by atoms with Gasteiger partial charge in [0.05, 0.1) is 0 Å². The highest BCUT2D eigenvalue weighted by atomic mass is 35.5. The molecule has 114 valence electrons. The normalized spacial score (nSPS) is 20.8. The van der Waals surface area contributed by atoms with E-state index in [2.05, 4.69) is 55.9 Å². The predicted molar refractivity (Wildman–Crippen MR) is 83.0 cm³/mol. The minimum absolute atomic E-state index is 0.0684. The summed E-state index contributed by atoms with van der Waals surface area (Å²) in [5.74, 6) is -0.550. The zero-order valence-electron chi connectivity index (χ0n) is 12.6. The fourth-order valence-electron chi connectivity index (χ4n) is 2.34. The van der Waals surface area contributed by atoms with Crippen molar-refractivity contribution in [3.63, 3.8) is 0 Å². The highest BCUT2D eigenvalue weighted by molar-refractivity contribution is 6.27. The van der Waals surface area contributed by atoms with E-state index in [4.69, 9.17) is 11.6 Å². The molecule has 21 heavy (non-hydrogen) atoms. The first kappa shape index (κ1) is 15.8. The van der Waals surface area contributed by atoms with Crippen molar-refractivity contribution < 1.29 is 9.59 Å². The van der Waals surface area contributed by atoms with E-state index in [1.165, 1.54) is 11.1 Å². The van der Waals surface area contributed by atoms with Crippen molar-refractivity contribution in [2.75, 3.05) is 5.88 Å². The first-order chi connectivity index (χ1) is 9.82. The van der Waals surface area contributed by atoms with Crippen molar-refractivity contribution in [1.82, 2.24) is 10.9 Å².